The number of nitrogens with two attached hydrogens (primary N) is 1. The van der Waals surface area contributed by atoms with Crippen molar-refractivity contribution >= 4 is 0 Å². The van der Waals surface area contributed by atoms with Gasteiger partial charge in [-0.15, -0.1) is 0 Å². The summed E-state index contributed by atoms with van der Waals surface area (Å²) >= 11 is 0. The van der Waals surface area contributed by atoms with Crippen LogP contribution in [0.25, 0.3) is 11.3 Å². The Kier molecular flexibility index (Phi) is 2.83. The molecule has 0 saturated heterocycles. The second-order valence-electron chi connectivity index (χ2n) is 3.31. The van der Waals surface area contributed by atoms with Crippen LogP contribution in [0.2, 0.25) is 0 Å². The molecule has 0 spiro atoms. The zero-order valence-electron chi connectivity index (χ0n) is 8.24. The second kappa shape index (κ2) is 4.28. The number of halogens is 1. The van der Waals surface area contributed by atoms with Crippen LogP contribution >= 0.6 is 0 Å². The SMILES string of the molecule is NCCc1ccc(-c2cccc(F)c2)o1. The molecule has 2 nitrogen and oxygen atoms in total. The van der Waals surface area contributed by atoms with Gasteiger partial charge in [0.05, 0.1) is 0 Å². The topological polar surface area (TPSA) is 39.2 Å². The van der Waals surface area contributed by atoms with Crippen molar-refractivity contribution in [3.63, 3.8) is 0 Å². The number of furan rings is 1. The fraction of sp³-hybridized carbons (Fsp3) is 0.167. The normalized spacial score (nSPS) is 10.5. The number of benzene rings is 1. The minimum absolute atomic E-state index is 0.260. The van der Waals surface area contributed by atoms with Crippen LogP contribution in [0.15, 0.2) is 40.8 Å². The molecule has 0 atom stereocenters. The summed E-state index contributed by atoms with van der Waals surface area (Å²) in [7, 11) is 0. The molecule has 0 amide bonds. The first-order chi connectivity index (χ1) is 7.29. The van der Waals surface area contributed by atoms with E-state index in [4.69, 9.17) is 10.2 Å². The van der Waals surface area contributed by atoms with E-state index in [9.17, 15) is 4.39 Å². The molecule has 0 radical (unpaired) electrons. The van der Waals surface area contributed by atoms with E-state index in [0.717, 1.165) is 11.3 Å². The van der Waals surface area contributed by atoms with Gasteiger partial charge in [0.15, 0.2) is 0 Å². The minimum atomic E-state index is -0.260. The fourth-order valence-corrected chi connectivity index (χ4v) is 1.45. The Hall–Kier alpha value is -1.61. The third kappa shape index (κ3) is 2.25. The van der Waals surface area contributed by atoms with Gasteiger partial charge in [-0.05, 0) is 30.8 Å². The standard InChI is InChI=1S/C12H12FNO/c13-10-3-1-2-9(8-10)12-5-4-11(15-12)6-7-14/h1-5,8H,6-7,14H2. The van der Waals surface area contributed by atoms with Gasteiger partial charge in [-0.2, -0.15) is 0 Å². The molecule has 0 saturated carbocycles. The minimum Gasteiger partial charge on any atom is -0.461 e. The Balaban J connectivity index is 2.29. The smallest absolute Gasteiger partial charge is 0.134 e. The van der Waals surface area contributed by atoms with Crippen LogP contribution < -0.4 is 5.73 Å². The largest absolute Gasteiger partial charge is 0.461 e. The number of hydrogen-bond donors (Lipinski definition) is 1. The Morgan fingerprint density at radius 2 is 2.07 bits per heavy atom. The first-order valence-corrected chi connectivity index (χ1v) is 4.84. The molecule has 0 fully saturated rings. The lowest BCUT2D eigenvalue weighted by Gasteiger charge is -1.97. The second-order valence-corrected chi connectivity index (χ2v) is 3.31. The maximum Gasteiger partial charge on any atom is 0.134 e. The van der Waals surface area contributed by atoms with Gasteiger partial charge in [-0.25, -0.2) is 4.39 Å². The molecule has 2 N–H and O–H groups in total. The first kappa shape index (κ1) is 9.93. The van der Waals surface area contributed by atoms with E-state index in [0.29, 0.717) is 18.7 Å². The third-order valence-electron chi connectivity index (χ3n) is 2.16. The highest BCUT2D eigenvalue weighted by Gasteiger charge is 2.04. The summed E-state index contributed by atoms with van der Waals surface area (Å²) in [6.07, 6.45) is 0.704. The molecular weight excluding hydrogens is 193 g/mol. The monoisotopic (exact) mass is 205 g/mol. The van der Waals surface area contributed by atoms with Crippen molar-refractivity contribution < 1.29 is 8.81 Å². The average molecular weight is 205 g/mol. The van der Waals surface area contributed by atoms with Gasteiger partial charge in [0.1, 0.15) is 17.3 Å². The van der Waals surface area contributed by atoms with E-state index in [-0.39, 0.29) is 5.82 Å². The van der Waals surface area contributed by atoms with Crippen LogP contribution in [0, 0.1) is 5.82 Å². The molecule has 1 aromatic carbocycles. The lowest BCUT2D eigenvalue weighted by atomic mass is 10.2. The highest BCUT2D eigenvalue weighted by Crippen LogP contribution is 2.22. The van der Waals surface area contributed by atoms with Crippen LogP contribution in [0.5, 0.6) is 0 Å². The summed E-state index contributed by atoms with van der Waals surface area (Å²) in [6.45, 7) is 0.552. The highest BCUT2D eigenvalue weighted by molar-refractivity contribution is 5.57. The van der Waals surface area contributed by atoms with Gasteiger partial charge in [-0.3, -0.25) is 0 Å². The molecule has 1 heterocycles. The Morgan fingerprint density at radius 3 is 2.80 bits per heavy atom. The van der Waals surface area contributed by atoms with E-state index < -0.39 is 0 Å². The summed E-state index contributed by atoms with van der Waals surface area (Å²) in [5, 5.41) is 0. The summed E-state index contributed by atoms with van der Waals surface area (Å²) in [5.41, 5.74) is 6.16. The Bertz CT molecular complexity index is 450. The van der Waals surface area contributed by atoms with Crippen molar-refractivity contribution in [2.24, 2.45) is 5.73 Å². The Morgan fingerprint density at radius 1 is 1.20 bits per heavy atom. The molecule has 0 aliphatic rings. The summed E-state index contributed by atoms with van der Waals surface area (Å²) < 4.78 is 18.5. The predicted molar refractivity (Wildman–Crippen MR) is 56.9 cm³/mol. The fourth-order valence-electron chi connectivity index (χ4n) is 1.45. The molecule has 3 heteroatoms. The van der Waals surface area contributed by atoms with Crippen molar-refractivity contribution in [3.05, 3.63) is 48.0 Å². The van der Waals surface area contributed by atoms with Gasteiger partial charge >= 0.3 is 0 Å². The highest BCUT2D eigenvalue weighted by atomic mass is 19.1. The summed E-state index contributed by atoms with van der Waals surface area (Å²) in [6, 6.07) is 10.0. The van der Waals surface area contributed by atoms with Crippen molar-refractivity contribution in [3.8, 4) is 11.3 Å². The molecule has 15 heavy (non-hydrogen) atoms. The van der Waals surface area contributed by atoms with Gasteiger partial charge in [0, 0.05) is 12.0 Å². The molecule has 0 aliphatic heterocycles. The number of rotatable bonds is 3. The van der Waals surface area contributed by atoms with Crippen LogP contribution in [0.1, 0.15) is 5.76 Å². The van der Waals surface area contributed by atoms with Gasteiger partial charge < -0.3 is 10.2 Å². The molecule has 2 rings (SSSR count). The predicted octanol–water partition coefficient (Wildman–Crippen LogP) is 2.59. The third-order valence-corrected chi connectivity index (χ3v) is 2.16. The van der Waals surface area contributed by atoms with Gasteiger partial charge in [0.2, 0.25) is 0 Å². The van der Waals surface area contributed by atoms with Crippen LogP contribution in [-0.4, -0.2) is 6.54 Å². The van der Waals surface area contributed by atoms with E-state index >= 15 is 0 Å². The molecule has 0 bridgehead atoms. The van der Waals surface area contributed by atoms with Crippen molar-refractivity contribution in [1.29, 1.82) is 0 Å². The number of hydrogen-bond acceptors (Lipinski definition) is 2. The lowest BCUT2D eigenvalue weighted by Crippen LogP contribution is -2.01. The van der Waals surface area contributed by atoms with Crippen molar-refractivity contribution in [1.82, 2.24) is 0 Å². The summed E-state index contributed by atoms with van der Waals surface area (Å²) in [5.74, 6) is 1.25. The molecule has 1 aromatic heterocycles. The summed E-state index contributed by atoms with van der Waals surface area (Å²) in [4.78, 5) is 0. The zero-order chi connectivity index (χ0) is 10.7. The van der Waals surface area contributed by atoms with E-state index in [1.165, 1.54) is 12.1 Å². The van der Waals surface area contributed by atoms with Crippen LogP contribution in [0.3, 0.4) is 0 Å². The first-order valence-electron chi connectivity index (χ1n) is 4.84. The molecule has 0 aliphatic carbocycles. The molecular formula is C12H12FNO. The van der Waals surface area contributed by atoms with E-state index in [1.807, 2.05) is 18.2 Å². The van der Waals surface area contributed by atoms with E-state index in [1.54, 1.807) is 6.07 Å². The quantitative estimate of drug-likeness (QED) is 0.836. The Labute approximate surface area is 87.5 Å². The van der Waals surface area contributed by atoms with Gasteiger partial charge in [0.25, 0.3) is 0 Å². The molecule has 2 aromatic rings. The van der Waals surface area contributed by atoms with E-state index in [2.05, 4.69) is 0 Å². The van der Waals surface area contributed by atoms with Crippen LogP contribution in [-0.2, 0) is 6.42 Å². The maximum absolute atomic E-state index is 12.9. The molecule has 78 valence electrons. The van der Waals surface area contributed by atoms with Crippen LogP contribution in [0.4, 0.5) is 4.39 Å². The average Bonchev–Trinajstić information content (AvgIpc) is 2.67. The maximum atomic E-state index is 12.9. The molecule has 0 unspecified atom stereocenters. The van der Waals surface area contributed by atoms with Crippen molar-refractivity contribution in [2.45, 2.75) is 6.42 Å². The van der Waals surface area contributed by atoms with Gasteiger partial charge in [-0.1, -0.05) is 12.1 Å². The van der Waals surface area contributed by atoms with Crippen molar-refractivity contribution in [2.75, 3.05) is 6.54 Å². The zero-order valence-corrected chi connectivity index (χ0v) is 8.24. The lowest BCUT2D eigenvalue weighted by molar-refractivity contribution is 0.523.